The molecule has 0 aromatic carbocycles. The number of nitrogens with zero attached hydrogens (tertiary/aromatic N) is 7. The summed E-state index contributed by atoms with van der Waals surface area (Å²) in [6.45, 7) is -0.105. The Labute approximate surface area is 131 Å². The summed E-state index contributed by atoms with van der Waals surface area (Å²) in [6, 6.07) is 0. The number of aliphatic hydroxyl groups excluding tert-OH is 2. The molecule has 4 N–H and O–H groups in total. The summed E-state index contributed by atoms with van der Waals surface area (Å²) < 4.78 is 7.36. The molecule has 12 heteroatoms. The lowest BCUT2D eigenvalue weighted by atomic mass is 10.1. The van der Waals surface area contributed by atoms with Gasteiger partial charge in [-0.1, -0.05) is 5.11 Å². The van der Waals surface area contributed by atoms with Gasteiger partial charge in [-0.3, -0.25) is 4.57 Å². The van der Waals surface area contributed by atoms with Crippen LogP contribution in [0.25, 0.3) is 21.6 Å². The van der Waals surface area contributed by atoms with Gasteiger partial charge in [-0.05, 0) is 21.5 Å². The van der Waals surface area contributed by atoms with Crippen LogP contribution in [-0.2, 0) is 4.74 Å². The molecular weight excluding hydrogens is 360 g/mol. The van der Waals surface area contributed by atoms with Crippen LogP contribution in [0.1, 0.15) is 6.23 Å². The molecule has 3 heterocycles. The number of aromatic nitrogens is 4. The van der Waals surface area contributed by atoms with Crippen molar-refractivity contribution in [3.63, 3.8) is 0 Å². The lowest BCUT2D eigenvalue weighted by Gasteiger charge is -2.17. The largest absolute Gasteiger partial charge is 0.388 e. The number of azide groups is 1. The molecule has 0 amide bonds. The fraction of sp³-hybridized carbons (Fsp3) is 0.500. The third-order valence-corrected chi connectivity index (χ3v) is 3.94. The average Bonchev–Trinajstić information content (AvgIpc) is 2.97. The quantitative estimate of drug-likeness (QED) is 0.297. The number of anilines is 1. The highest BCUT2D eigenvalue weighted by molar-refractivity contribution is 9.10. The van der Waals surface area contributed by atoms with Gasteiger partial charge in [0, 0.05) is 4.91 Å². The first kappa shape index (κ1) is 14.9. The van der Waals surface area contributed by atoms with Crippen LogP contribution in [0.2, 0.25) is 0 Å². The minimum Gasteiger partial charge on any atom is -0.388 e. The van der Waals surface area contributed by atoms with Crippen LogP contribution in [0.3, 0.4) is 0 Å². The number of hydrogen-bond acceptors (Lipinski definition) is 8. The Kier molecular flexibility index (Phi) is 3.85. The van der Waals surface area contributed by atoms with Gasteiger partial charge in [0.15, 0.2) is 27.9 Å². The molecule has 3 rings (SSSR count). The van der Waals surface area contributed by atoms with Crippen LogP contribution in [-0.4, -0.2) is 54.6 Å². The molecule has 2 unspecified atom stereocenters. The standard InChI is InChI=1S/C10H11BrN8O3/c11-10-17-4-7(12)14-2-15-8(4)19(10)9-6(21)5(20)3(22-9)1-16-18-13/h2-3,5-6,9,20-21H,1H2,(H2,12,14,15)/t3-,5?,6?,9-/m1/s1. The van der Waals surface area contributed by atoms with E-state index in [2.05, 4.69) is 40.9 Å². The van der Waals surface area contributed by atoms with Crippen molar-refractivity contribution in [2.75, 3.05) is 12.3 Å². The SMILES string of the molecule is [N-]=[N+]=NC[C@H]1O[C@@H](n2c(Br)nc3c(N)ncnc32)C(O)C1O. The zero-order valence-electron chi connectivity index (χ0n) is 11.0. The molecule has 4 atom stereocenters. The van der Waals surface area contributed by atoms with E-state index in [4.69, 9.17) is 16.0 Å². The molecule has 1 fully saturated rings. The normalized spacial score (nSPS) is 28.0. The van der Waals surface area contributed by atoms with E-state index in [9.17, 15) is 10.2 Å². The van der Waals surface area contributed by atoms with E-state index in [0.29, 0.717) is 15.9 Å². The van der Waals surface area contributed by atoms with Crippen LogP contribution >= 0.6 is 15.9 Å². The number of rotatable bonds is 3. The Morgan fingerprint density at radius 2 is 2.23 bits per heavy atom. The molecule has 116 valence electrons. The molecule has 1 aliphatic heterocycles. The smallest absolute Gasteiger partial charge is 0.181 e. The maximum atomic E-state index is 10.2. The maximum Gasteiger partial charge on any atom is 0.181 e. The van der Waals surface area contributed by atoms with Gasteiger partial charge in [0.2, 0.25) is 0 Å². The summed E-state index contributed by atoms with van der Waals surface area (Å²) in [4.78, 5) is 14.7. The van der Waals surface area contributed by atoms with Gasteiger partial charge in [-0.25, -0.2) is 15.0 Å². The summed E-state index contributed by atoms with van der Waals surface area (Å²) in [5.41, 5.74) is 14.8. The van der Waals surface area contributed by atoms with Gasteiger partial charge in [0.1, 0.15) is 18.5 Å². The third kappa shape index (κ3) is 2.26. The van der Waals surface area contributed by atoms with E-state index >= 15 is 0 Å². The van der Waals surface area contributed by atoms with E-state index in [1.807, 2.05) is 0 Å². The summed E-state index contributed by atoms with van der Waals surface area (Å²) in [6.07, 6.45) is -2.98. The van der Waals surface area contributed by atoms with Crippen molar-refractivity contribution in [3.05, 3.63) is 21.5 Å². The van der Waals surface area contributed by atoms with Crippen molar-refractivity contribution in [2.45, 2.75) is 24.5 Å². The fourth-order valence-corrected chi connectivity index (χ4v) is 2.88. The second kappa shape index (κ2) is 5.66. The highest BCUT2D eigenvalue weighted by Crippen LogP contribution is 2.35. The molecule has 22 heavy (non-hydrogen) atoms. The monoisotopic (exact) mass is 370 g/mol. The molecule has 0 aliphatic carbocycles. The van der Waals surface area contributed by atoms with E-state index in [1.54, 1.807) is 0 Å². The second-order valence-corrected chi connectivity index (χ2v) is 5.35. The van der Waals surface area contributed by atoms with Crippen molar-refractivity contribution < 1.29 is 14.9 Å². The Morgan fingerprint density at radius 3 is 2.95 bits per heavy atom. The number of imidazole rings is 1. The van der Waals surface area contributed by atoms with Crippen LogP contribution < -0.4 is 5.73 Å². The topological polar surface area (TPSA) is 168 Å². The molecule has 0 saturated carbocycles. The number of ether oxygens (including phenoxy) is 1. The van der Waals surface area contributed by atoms with Gasteiger partial charge in [-0.15, -0.1) is 0 Å². The van der Waals surface area contributed by atoms with E-state index in [-0.39, 0.29) is 12.4 Å². The van der Waals surface area contributed by atoms with Crippen LogP contribution in [0.5, 0.6) is 0 Å². The van der Waals surface area contributed by atoms with E-state index in [0.717, 1.165) is 0 Å². The highest BCUT2D eigenvalue weighted by Gasteiger charge is 2.44. The minimum absolute atomic E-state index is 0.105. The molecule has 2 aromatic rings. The number of hydrogen-bond donors (Lipinski definition) is 3. The summed E-state index contributed by atoms with van der Waals surface area (Å²) in [7, 11) is 0. The first-order chi connectivity index (χ1) is 10.5. The van der Waals surface area contributed by atoms with Gasteiger partial charge < -0.3 is 20.7 Å². The number of nitrogen functional groups attached to an aromatic ring is 1. The number of halogens is 1. The van der Waals surface area contributed by atoms with Crippen molar-refractivity contribution in [2.24, 2.45) is 5.11 Å². The molecule has 2 aromatic heterocycles. The van der Waals surface area contributed by atoms with Gasteiger partial charge >= 0.3 is 0 Å². The van der Waals surface area contributed by atoms with Crippen LogP contribution in [0, 0.1) is 0 Å². The first-order valence-electron chi connectivity index (χ1n) is 6.21. The van der Waals surface area contributed by atoms with Crippen LogP contribution in [0.15, 0.2) is 16.2 Å². The molecule has 1 saturated heterocycles. The Morgan fingerprint density at radius 1 is 1.45 bits per heavy atom. The molecule has 0 radical (unpaired) electrons. The van der Waals surface area contributed by atoms with Crippen molar-refractivity contribution >= 4 is 32.9 Å². The van der Waals surface area contributed by atoms with Crippen molar-refractivity contribution in [1.82, 2.24) is 19.5 Å². The summed E-state index contributed by atoms with van der Waals surface area (Å²) in [5.74, 6) is 0.183. The van der Waals surface area contributed by atoms with E-state index in [1.165, 1.54) is 10.9 Å². The van der Waals surface area contributed by atoms with Gasteiger partial charge in [-0.2, -0.15) is 0 Å². The molecule has 1 aliphatic rings. The summed E-state index contributed by atoms with van der Waals surface area (Å²) >= 11 is 3.25. The predicted octanol–water partition coefficient (Wildman–Crippen LogP) is 0.100. The summed E-state index contributed by atoms with van der Waals surface area (Å²) in [5, 5.41) is 23.6. The van der Waals surface area contributed by atoms with E-state index < -0.39 is 24.5 Å². The Hall–Kier alpha value is -1.98. The van der Waals surface area contributed by atoms with Crippen LogP contribution in [0.4, 0.5) is 5.82 Å². The first-order valence-corrected chi connectivity index (χ1v) is 7.00. The lowest BCUT2D eigenvalue weighted by Crippen LogP contribution is -2.32. The van der Waals surface area contributed by atoms with Gasteiger partial charge in [0.05, 0.1) is 12.6 Å². The second-order valence-electron chi connectivity index (χ2n) is 4.64. The number of nitrogens with two attached hydrogens (primary N) is 1. The highest BCUT2D eigenvalue weighted by atomic mass is 79.9. The Balaban J connectivity index is 2.03. The zero-order valence-corrected chi connectivity index (χ0v) is 12.6. The number of fused-ring (bicyclic) bond motifs is 1. The molecule has 11 nitrogen and oxygen atoms in total. The van der Waals surface area contributed by atoms with Crippen molar-refractivity contribution in [1.29, 1.82) is 0 Å². The third-order valence-electron chi connectivity index (χ3n) is 3.38. The predicted molar refractivity (Wildman–Crippen MR) is 77.4 cm³/mol. The zero-order chi connectivity index (χ0) is 15.9. The number of aliphatic hydroxyl groups is 2. The Bertz CT molecular complexity index is 760. The minimum atomic E-state index is -1.25. The average molecular weight is 371 g/mol. The van der Waals surface area contributed by atoms with Gasteiger partial charge in [0.25, 0.3) is 0 Å². The maximum absolute atomic E-state index is 10.2. The van der Waals surface area contributed by atoms with Crippen molar-refractivity contribution in [3.8, 4) is 0 Å². The molecule has 0 bridgehead atoms. The fourth-order valence-electron chi connectivity index (χ4n) is 2.34. The lowest BCUT2D eigenvalue weighted by molar-refractivity contribution is -0.0334. The molecular formula is C10H11BrN8O3. The molecule has 0 spiro atoms.